The van der Waals surface area contributed by atoms with Crippen LogP contribution < -0.4 is 10.0 Å². The molecular weight excluding hydrogens is 442 g/mol. The van der Waals surface area contributed by atoms with Crippen LogP contribution in [0.25, 0.3) is 5.69 Å². The van der Waals surface area contributed by atoms with Crippen molar-refractivity contribution in [1.29, 1.82) is 0 Å². The van der Waals surface area contributed by atoms with Crippen LogP contribution in [0.1, 0.15) is 23.2 Å². The molecule has 9 nitrogen and oxygen atoms in total. The maximum Gasteiger partial charge on any atom is 0.264 e. The van der Waals surface area contributed by atoms with E-state index < -0.39 is 10.0 Å². The van der Waals surface area contributed by atoms with Gasteiger partial charge in [-0.05, 0) is 62.2 Å². The first-order valence-corrected chi connectivity index (χ1v) is 11.7. The Bertz CT molecular complexity index is 1360. The summed E-state index contributed by atoms with van der Waals surface area (Å²) in [6.07, 6.45) is 4.44. The largest absolute Gasteiger partial charge is 0.337 e. The fourth-order valence-corrected chi connectivity index (χ4v) is 4.15. The number of benzene rings is 2. The van der Waals surface area contributed by atoms with Gasteiger partial charge in [-0.3, -0.25) is 4.79 Å². The molecule has 0 aliphatic carbocycles. The third kappa shape index (κ3) is 5.29. The summed E-state index contributed by atoms with van der Waals surface area (Å²) in [6, 6.07) is 15.6. The first-order valence-electron chi connectivity index (χ1n) is 10.3. The molecule has 2 aromatic carbocycles. The summed E-state index contributed by atoms with van der Waals surface area (Å²) in [6.45, 7) is 3.44. The highest BCUT2D eigenvalue weighted by molar-refractivity contribution is 7.92. The first kappa shape index (κ1) is 22.3. The van der Waals surface area contributed by atoms with Crippen molar-refractivity contribution in [2.45, 2.75) is 31.6 Å². The number of rotatable bonds is 8. The summed E-state index contributed by atoms with van der Waals surface area (Å²) in [5.41, 5.74) is 3.63. The number of aromatic nitrogens is 3. The molecule has 0 atom stereocenters. The Morgan fingerprint density at radius 3 is 2.45 bits per heavy atom. The molecule has 10 heteroatoms. The van der Waals surface area contributed by atoms with Crippen molar-refractivity contribution in [2.24, 2.45) is 0 Å². The van der Waals surface area contributed by atoms with Crippen LogP contribution >= 0.6 is 0 Å². The molecule has 0 saturated carbocycles. The second-order valence-corrected chi connectivity index (χ2v) is 9.21. The quantitative estimate of drug-likeness (QED) is 0.408. The number of nitrogens with one attached hydrogen (secondary N) is 2. The number of carbonyl (C=O) groups is 1. The lowest BCUT2D eigenvalue weighted by molar-refractivity contribution is -0.116. The van der Waals surface area contributed by atoms with Crippen LogP contribution in [0.2, 0.25) is 0 Å². The Labute approximate surface area is 191 Å². The van der Waals surface area contributed by atoms with Crippen molar-refractivity contribution in [3.8, 4) is 5.69 Å². The van der Waals surface area contributed by atoms with Gasteiger partial charge < -0.3 is 9.84 Å². The summed E-state index contributed by atoms with van der Waals surface area (Å²) in [5, 5.41) is 10.9. The van der Waals surface area contributed by atoms with Crippen LogP contribution in [0.4, 0.5) is 11.6 Å². The zero-order valence-corrected chi connectivity index (χ0v) is 19.0. The van der Waals surface area contributed by atoms with E-state index in [9.17, 15) is 13.2 Å². The van der Waals surface area contributed by atoms with E-state index in [-0.39, 0.29) is 23.1 Å². The number of para-hydroxylation sites is 1. The highest BCUT2D eigenvalue weighted by atomic mass is 32.2. The van der Waals surface area contributed by atoms with Crippen molar-refractivity contribution >= 4 is 27.5 Å². The smallest absolute Gasteiger partial charge is 0.264 e. The van der Waals surface area contributed by atoms with Gasteiger partial charge in [0.25, 0.3) is 10.0 Å². The Hall–Kier alpha value is -3.92. The van der Waals surface area contributed by atoms with Crippen LogP contribution in [-0.2, 0) is 21.2 Å². The van der Waals surface area contributed by atoms with Crippen molar-refractivity contribution in [3.05, 3.63) is 83.8 Å². The average molecular weight is 466 g/mol. The van der Waals surface area contributed by atoms with Gasteiger partial charge in [0, 0.05) is 23.9 Å². The molecule has 2 aromatic heterocycles. The molecule has 0 bridgehead atoms. The van der Waals surface area contributed by atoms with E-state index in [4.69, 9.17) is 4.52 Å². The molecule has 0 fully saturated rings. The second kappa shape index (κ2) is 9.29. The fourth-order valence-electron chi connectivity index (χ4n) is 3.10. The minimum absolute atomic E-state index is 0.0438. The Morgan fingerprint density at radius 1 is 1.06 bits per heavy atom. The lowest BCUT2D eigenvalue weighted by atomic mass is 10.2. The van der Waals surface area contributed by atoms with Gasteiger partial charge in [0.2, 0.25) is 11.8 Å². The number of nitrogens with zero attached hydrogens (tertiary/aromatic N) is 3. The van der Waals surface area contributed by atoms with Gasteiger partial charge in [-0.25, -0.2) is 17.8 Å². The Balaban J connectivity index is 1.33. The number of hydrogen-bond donors (Lipinski definition) is 2. The number of aryl methyl sites for hydroxylation is 2. The lowest BCUT2D eigenvalue weighted by Crippen LogP contribution is -2.14. The molecule has 0 unspecified atom stereocenters. The summed E-state index contributed by atoms with van der Waals surface area (Å²) in [5.74, 6) is -0.0931. The molecule has 4 aromatic rings. The normalized spacial score (nSPS) is 11.3. The van der Waals surface area contributed by atoms with Crippen LogP contribution in [-0.4, -0.2) is 29.3 Å². The first-order chi connectivity index (χ1) is 15.8. The lowest BCUT2D eigenvalue weighted by Gasteiger charge is -2.08. The van der Waals surface area contributed by atoms with E-state index in [2.05, 4.69) is 20.3 Å². The van der Waals surface area contributed by atoms with Crippen molar-refractivity contribution in [2.75, 3.05) is 10.0 Å². The van der Waals surface area contributed by atoms with E-state index in [1.807, 2.05) is 36.5 Å². The predicted octanol–water partition coefficient (Wildman–Crippen LogP) is 3.85. The van der Waals surface area contributed by atoms with Gasteiger partial charge in [-0.1, -0.05) is 23.4 Å². The van der Waals surface area contributed by atoms with Gasteiger partial charge in [0.05, 0.1) is 22.5 Å². The SMILES string of the molecule is Cc1noc(NS(=O)(=O)c2ccc(NC(=O)CCc3cnn(-c4ccccc4)c3)cc2)c1C. The van der Waals surface area contributed by atoms with E-state index in [1.165, 1.54) is 12.1 Å². The molecule has 0 saturated heterocycles. The number of anilines is 2. The molecule has 0 aliphatic heterocycles. The van der Waals surface area contributed by atoms with Crippen LogP contribution in [0.3, 0.4) is 0 Å². The van der Waals surface area contributed by atoms with E-state index in [1.54, 1.807) is 36.9 Å². The number of amides is 1. The summed E-state index contributed by atoms with van der Waals surface area (Å²) < 4.78 is 34.3. The highest BCUT2D eigenvalue weighted by Crippen LogP contribution is 2.22. The Morgan fingerprint density at radius 2 is 1.79 bits per heavy atom. The van der Waals surface area contributed by atoms with Gasteiger partial charge >= 0.3 is 0 Å². The number of sulfonamides is 1. The molecule has 33 heavy (non-hydrogen) atoms. The van der Waals surface area contributed by atoms with E-state index in [0.29, 0.717) is 23.4 Å². The minimum Gasteiger partial charge on any atom is -0.337 e. The maximum absolute atomic E-state index is 12.6. The van der Waals surface area contributed by atoms with Gasteiger partial charge in [0.15, 0.2) is 0 Å². The Kier molecular flexibility index (Phi) is 6.27. The van der Waals surface area contributed by atoms with Gasteiger partial charge in [-0.15, -0.1) is 0 Å². The van der Waals surface area contributed by atoms with Gasteiger partial charge in [-0.2, -0.15) is 5.10 Å². The maximum atomic E-state index is 12.6. The number of hydrogen-bond acceptors (Lipinski definition) is 6. The fraction of sp³-hybridized carbons (Fsp3) is 0.174. The molecular formula is C23H23N5O4S. The van der Waals surface area contributed by atoms with Crippen molar-refractivity contribution < 1.29 is 17.7 Å². The predicted molar refractivity (Wildman–Crippen MR) is 124 cm³/mol. The molecule has 0 aliphatic rings. The summed E-state index contributed by atoms with van der Waals surface area (Å²) >= 11 is 0. The average Bonchev–Trinajstić information content (AvgIpc) is 3.41. The zero-order valence-electron chi connectivity index (χ0n) is 18.1. The zero-order chi connectivity index (χ0) is 23.4. The summed E-state index contributed by atoms with van der Waals surface area (Å²) in [7, 11) is -3.84. The minimum atomic E-state index is -3.84. The highest BCUT2D eigenvalue weighted by Gasteiger charge is 2.19. The summed E-state index contributed by atoms with van der Waals surface area (Å²) in [4.78, 5) is 12.4. The number of carbonyl (C=O) groups excluding carboxylic acids is 1. The van der Waals surface area contributed by atoms with Crippen LogP contribution in [0.15, 0.2) is 76.4 Å². The van der Waals surface area contributed by atoms with E-state index in [0.717, 1.165) is 11.3 Å². The van der Waals surface area contributed by atoms with Crippen molar-refractivity contribution in [1.82, 2.24) is 14.9 Å². The van der Waals surface area contributed by atoms with Crippen molar-refractivity contribution in [3.63, 3.8) is 0 Å². The molecule has 0 radical (unpaired) electrons. The molecule has 4 rings (SSSR count). The van der Waals surface area contributed by atoms with Gasteiger partial charge in [0.1, 0.15) is 0 Å². The van der Waals surface area contributed by atoms with E-state index >= 15 is 0 Å². The topological polar surface area (TPSA) is 119 Å². The molecule has 0 spiro atoms. The molecule has 1 amide bonds. The third-order valence-corrected chi connectivity index (χ3v) is 6.48. The monoisotopic (exact) mass is 465 g/mol. The third-order valence-electron chi connectivity index (χ3n) is 5.13. The molecule has 2 heterocycles. The van der Waals surface area contributed by atoms with Crippen LogP contribution in [0, 0.1) is 13.8 Å². The second-order valence-electron chi connectivity index (χ2n) is 7.53. The standard InChI is InChI=1S/C23H23N5O4S/c1-16-17(2)26-32-23(16)27-33(30,31)21-11-9-19(10-12-21)25-22(29)13-8-18-14-24-28(15-18)20-6-4-3-5-7-20/h3-7,9-12,14-15,27H,8,13H2,1-2H3,(H,25,29). The molecule has 2 N–H and O–H groups in total. The van der Waals surface area contributed by atoms with Crippen LogP contribution in [0.5, 0.6) is 0 Å². The molecule has 170 valence electrons.